The van der Waals surface area contributed by atoms with Gasteiger partial charge in [-0.15, -0.1) is 0 Å². The molecule has 7 heteroatoms. The largest absolute Gasteiger partial charge is 0.457 e. The Hall–Kier alpha value is -3.40. The minimum absolute atomic E-state index is 0.0336. The molecule has 1 heterocycles. The van der Waals surface area contributed by atoms with E-state index in [2.05, 4.69) is 4.57 Å². The molecule has 7 nitrogen and oxygen atoms in total. The van der Waals surface area contributed by atoms with Crippen molar-refractivity contribution in [1.29, 1.82) is 5.26 Å². The van der Waals surface area contributed by atoms with Crippen LogP contribution >= 0.6 is 0 Å². The van der Waals surface area contributed by atoms with Gasteiger partial charge in [-0.2, -0.15) is 5.26 Å². The Labute approximate surface area is 156 Å². The van der Waals surface area contributed by atoms with Gasteiger partial charge >= 0.3 is 5.97 Å². The number of benzene rings is 1. The summed E-state index contributed by atoms with van der Waals surface area (Å²) >= 11 is 0. The second-order valence-corrected chi connectivity index (χ2v) is 6.60. The zero-order chi connectivity index (χ0) is 19.6. The maximum Gasteiger partial charge on any atom is 0.349 e. The van der Waals surface area contributed by atoms with Crippen LogP contribution < -0.4 is 0 Å². The van der Waals surface area contributed by atoms with E-state index in [1.54, 1.807) is 6.08 Å². The monoisotopic (exact) mass is 365 g/mol. The summed E-state index contributed by atoms with van der Waals surface area (Å²) in [4.78, 5) is 22.4. The fraction of sp³-hybridized carbons (Fsp3) is 0.300. The van der Waals surface area contributed by atoms with Crippen LogP contribution in [0.4, 0.5) is 5.69 Å². The molecule has 1 fully saturated rings. The van der Waals surface area contributed by atoms with Gasteiger partial charge in [0.25, 0.3) is 5.69 Å². The van der Waals surface area contributed by atoms with Crippen molar-refractivity contribution in [3.63, 3.8) is 0 Å². The molecule has 0 aliphatic heterocycles. The molecule has 0 unspecified atom stereocenters. The molecular formula is C20H19N3O4. The third kappa shape index (κ3) is 4.06. The lowest BCUT2D eigenvalue weighted by atomic mass is 10.1. The van der Waals surface area contributed by atoms with Crippen LogP contribution in [0.15, 0.2) is 35.9 Å². The number of nitriles is 1. The summed E-state index contributed by atoms with van der Waals surface area (Å²) in [6.45, 7) is 3.94. The molecule has 1 aliphatic rings. The van der Waals surface area contributed by atoms with Crippen LogP contribution in [0.5, 0.6) is 0 Å². The fourth-order valence-corrected chi connectivity index (χ4v) is 3.08. The maximum absolute atomic E-state index is 12.2. The standard InChI is InChI=1S/C20H19N3O4/c1-13-9-16(14(2)22(13)18-7-8-18)10-17(11-21)20(24)27-12-15-3-5-19(6-4-15)23(25)26/h3-6,9-10,18H,7-8,12H2,1-2H3/b17-10+. The normalized spacial score (nSPS) is 13.9. The van der Waals surface area contributed by atoms with E-state index in [-0.39, 0.29) is 17.9 Å². The quantitative estimate of drug-likeness (QED) is 0.253. The van der Waals surface area contributed by atoms with Gasteiger partial charge in [0.05, 0.1) is 4.92 Å². The number of nitro benzene ring substituents is 1. The van der Waals surface area contributed by atoms with E-state index in [0.29, 0.717) is 11.6 Å². The van der Waals surface area contributed by atoms with E-state index >= 15 is 0 Å². The highest BCUT2D eigenvalue weighted by atomic mass is 16.6. The van der Waals surface area contributed by atoms with Gasteiger partial charge in [-0.25, -0.2) is 4.79 Å². The van der Waals surface area contributed by atoms with E-state index in [9.17, 15) is 20.2 Å². The topological polar surface area (TPSA) is 98.2 Å². The lowest BCUT2D eigenvalue weighted by molar-refractivity contribution is -0.384. The van der Waals surface area contributed by atoms with Crippen molar-refractivity contribution < 1.29 is 14.5 Å². The van der Waals surface area contributed by atoms with Gasteiger partial charge in [-0.3, -0.25) is 10.1 Å². The number of nitrogens with zero attached hydrogens (tertiary/aromatic N) is 3. The zero-order valence-electron chi connectivity index (χ0n) is 15.1. The molecule has 1 aliphatic carbocycles. The predicted octanol–water partition coefficient (Wildman–Crippen LogP) is 4.00. The highest BCUT2D eigenvalue weighted by molar-refractivity contribution is 5.98. The summed E-state index contributed by atoms with van der Waals surface area (Å²) in [6, 6.07) is 10.1. The van der Waals surface area contributed by atoms with Gasteiger partial charge in [0.15, 0.2) is 0 Å². The number of non-ortho nitro benzene ring substituents is 1. The van der Waals surface area contributed by atoms with Crippen molar-refractivity contribution in [1.82, 2.24) is 4.57 Å². The number of hydrogen-bond acceptors (Lipinski definition) is 5. The fourth-order valence-electron chi connectivity index (χ4n) is 3.08. The van der Waals surface area contributed by atoms with E-state index < -0.39 is 10.9 Å². The van der Waals surface area contributed by atoms with Crippen molar-refractivity contribution in [3.8, 4) is 6.07 Å². The van der Waals surface area contributed by atoms with Crippen LogP contribution in [-0.4, -0.2) is 15.5 Å². The molecule has 3 rings (SSSR count). The minimum atomic E-state index is -0.716. The van der Waals surface area contributed by atoms with Crippen LogP contribution in [-0.2, 0) is 16.1 Å². The molecule has 1 aromatic heterocycles. The number of ether oxygens (including phenoxy) is 1. The molecule has 27 heavy (non-hydrogen) atoms. The molecule has 1 aromatic carbocycles. The first kappa shape index (κ1) is 18.4. The number of rotatable bonds is 6. The summed E-state index contributed by atoms with van der Waals surface area (Å²) in [6.07, 6.45) is 3.86. The molecule has 138 valence electrons. The molecule has 0 atom stereocenters. The van der Waals surface area contributed by atoms with Crippen LogP contribution in [0.25, 0.3) is 6.08 Å². The molecule has 0 radical (unpaired) electrons. The summed E-state index contributed by atoms with van der Waals surface area (Å²) in [7, 11) is 0. The molecule has 2 aromatic rings. The first-order valence-electron chi connectivity index (χ1n) is 8.61. The second kappa shape index (κ2) is 7.46. The van der Waals surface area contributed by atoms with Crippen LogP contribution in [0.3, 0.4) is 0 Å². The smallest absolute Gasteiger partial charge is 0.349 e. The van der Waals surface area contributed by atoms with Gasteiger partial charge in [0.1, 0.15) is 18.2 Å². The van der Waals surface area contributed by atoms with Gasteiger partial charge < -0.3 is 9.30 Å². The first-order chi connectivity index (χ1) is 12.9. The highest BCUT2D eigenvalue weighted by Crippen LogP contribution is 2.38. The predicted molar refractivity (Wildman–Crippen MR) is 98.7 cm³/mol. The Bertz CT molecular complexity index is 960. The number of carbonyl (C=O) groups is 1. The van der Waals surface area contributed by atoms with Gasteiger partial charge in [0, 0.05) is 29.6 Å². The Morgan fingerprint density at radius 3 is 2.59 bits per heavy atom. The summed E-state index contributed by atoms with van der Waals surface area (Å²) in [5, 5.41) is 20.0. The number of carbonyl (C=O) groups excluding carboxylic acids is 1. The van der Waals surface area contributed by atoms with E-state index in [1.165, 1.54) is 24.3 Å². The van der Waals surface area contributed by atoms with Crippen molar-refractivity contribution in [2.75, 3.05) is 0 Å². The van der Waals surface area contributed by atoms with E-state index in [1.807, 2.05) is 26.0 Å². The van der Waals surface area contributed by atoms with Crippen molar-refractivity contribution in [2.24, 2.45) is 0 Å². The van der Waals surface area contributed by atoms with Gasteiger partial charge in [-0.1, -0.05) is 0 Å². The number of esters is 1. The highest BCUT2D eigenvalue weighted by Gasteiger charge is 2.27. The average molecular weight is 365 g/mol. The van der Waals surface area contributed by atoms with E-state index in [4.69, 9.17) is 4.74 Å². The van der Waals surface area contributed by atoms with Crippen LogP contribution in [0.1, 0.15) is 41.4 Å². The summed E-state index contributed by atoms with van der Waals surface area (Å²) in [5.74, 6) is -0.716. The SMILES string of the molecule is Cc1cc(/C=C(\C#N)C(=O)OCc2ccc([N+](=O)[O-])cc2)c(C)n1C1CC1. The lowest BCUT2D eigenvalue weighted by Gasteiger charge is -2.07. The zero-order valence-corrected chi connectivity index (χ0v) is 15.1. The van der Waals surface area contributed by atoms with Crippen molar-refractivity contribution in [2.45, 2.75) is 39.3 Å². The minimum Gasteiger partial charge on any atom is -0.457 e. The Kier molecular flexibility index (Phi) is 5.08. The van der Waals surface area contributed by atoms with Gasteiger partial charge in [-0.05, 0) is 62.1 Å². The summed E-state index contributed by atoms with van der Waals surface area (Å²) < 4.78 is 7.42. The number of nitro groups is 1. The number of aryl methyl sites for hydroxylation is 1. The summed E-state index contributed by atoms with van der Waals surface area (Å²) in [5.41, 5.74) is 3.48. The molecule has 0 saturated heterocycles. The lowest BCUT2D eigenvalue weighted by Crippen LogP contribution is -2.07. The molecule has 0 N–H and O–H groups in total. The van der Waals surface area contributed by atoms with Crippen molar-refractivity contribution in [3.05, 3.63) is 68.5 Å². The number of aromatic nitrogens is 1. The number of hydrogen-bond donors (Lipinski definition) is 0. The third-order valence-electron chi connectivity index (χ3n) is 4.59. The van der Waals surface area contributed by atoms with Crippen LogP contribution in [0, 0.1) is 35.3 Å². The van der Waals surface area contributed by atoms with Gasteiger partial charge in [0.2, 0.25) is 0 Å². The molecule has 0 amide bonds. The Morgan fingerprint density at radius 1 is 1.37 bits per heavy atom. The Morgan fingerprint density at radius 2 is 2.04 bits per heavy atom. The molecule has 0 spiro atoms. The Balaban J connectivity index is 1.71. The second-order valence-electron chi connectivity index (χ2n) is 6.60. The molecule has 0 bridgehead atoms. The van der Waals surface area contributed by atoms with Crippen molar-refractivity contribution >= 4 is 17.7 Å². The molecule has 1 saturated carbocycles. The van der Waals surface area contributed by atoms with E-state index in [0.717, 1.165) is 29.8 Å². The third-order valence-corrected chi connectivity index (χ3v) is 4.59. The maximum atomic E-state index is 12.2. The molecular weight excluding hydrogens is 346 g/mol. The first-order valence-corrected chi connectivity index (χ1v) is 8.61. The average Bonchev–Trinajstić information content (AvgIpc) is 3.44. The van der Waals surface area contributed by atoms with Crippen LogP contribution in [0.2, 0.25) is 0 Å².